The van der Waals surface area contributed by atoms with Gasteiger partial charge in [-0.05, 0) is 49.2 Å². The minimum Gasteiger partial charge on any atom is -0.345 e. The monoisotopic (exact) mass is 379 g/mol. The first-order chi connectivity index (χ1) is 13.6. The summed E-state index contributed by atoms with van der Waals surface area (Å²) in [4.78, 5) is 14.7. The van der Waals surface area contributed by atoms with Gasteiger partial charge < -0.3 is 14.8 Å². The lowest BCUT2D eigenvalue weighted by Gasteiger charge is -2.29. The number of nitrogens with zero attached hydrogens (tertiary/aromatic N) is 2. The van der Waals surface area contributed by atoms with Crippen LogP contribution in [0.5, 0.6) is 0 Å². The minimum absolute atomic E-state index is 0.0497. The van der Waals surface area contributed by atoms with Crippen molar-refractivity contribution in [2.45, 2.75) is 39.4 Å². The minimum atomic E-state index is -0.371. The molecule has 146 valence electrons. The Bertz CT molecular complexity index is 907. The van der Waals surface area contributed by atoms with Gasteiger partial charge in [0.2, 0.25) is 0 Å². The molecule has 0 fully saturated rings. The summed E-state index contributed by atoms with van der Waals surface area (Å²) >= 11 is 0. The molecule has 5 heteroatoms. The molecule has 28 heavy (non-hydrogen) atoms. The predicted octanol–water partition coefficient (Wildman–Crippen LogP) is 5.51. The molecule has 0 aliphatic heterocycles. The quantitative estimate of drug-likeness (QED) is 0.578. The number of hydrogen-bond acceptors (Lipinski definition) is 1. The Kier molecular flexibility index (Phi) is 6.48. The van der Waals surface area contributed by atoms with Crippen LogP contribution in [0.15, 0.2) is 72.9 Å². The molecule has 3 aromatic rings. The van der Waals surface area contributed by atoms with Gasteiger partial charge in [0.05, 0.1) is 6.54 Å². The number of anilines is 1. The average molecular weight is 379 g/mol. The van der Waals surface area contributed by atoms with Crippen LogP contribution in [0.1, 0.15) is 31.5 Å². The van der Waals surface area contributed by atoms with E-state index in [1.807, 2.05) is 43.5 Å². The molecule has 0 saturated heterocycles. The molecular formula is C23H26FN3O. The highest BCUT2D eigenvalue weighted by Gasteiger charge is 2.21. The van der Waals surface area contributed by atoms with E-state index >= 15 is 0 Å². The van der Waals surface area contributed by atoms with Gasteiger partial charge in [0.1, 0.15) is 5.82 Å². The fourth-order valence-corrected chi connectivity index (χ4v) is 3.11. The van der Waals surface area contributed by atoms with Crippen LogP contribution in [-0.4, -0.2) is 21.5 Å². The van der Waals surface area contributed by atoms with Crippen LogP contribution in [0, 0.1) is 5.82 Å². The number of amides is 2. The molecule has 0 unspecified atom stereocenters. The first-order valence-electron chi connectivity index (χ1n) is 9.58. The Hall–Kier alpha value is -3.08. The summed E-state index contributed by atoms with van der Waals surface area (Å²) in [5, 5.41) is 2.82. The molecule has 0 aliphatic rings. The van der Waals surface area contributed by atoms with Crippen molar-refractivity contribution in [3.8, 4) is 0 Å². The lowest BCUT2D eigenvalue weighted by Crippen LogP contribution is -2.41. The molecule has 1 N–H and O–H groups in total. The standard InChI is InChI=1S/C23H26FN3O/c1-3-18(2)27(23(28)25-21-12-7-11-20(24)15-21)17-22-13-8-14-26(22)16-19-9-5-4-6-10-19/h4-15,18H,3,16-17H2,1-2H3,(H,25,28)/t18-/m0/s1. The summed E-state index contributed by atoms with van der Waals surface area (Å²) in [6.45, 7) is 5.31. The first-order valence-corrected chi connectivity index (χ1v) is 9.58. The van der Waals surface area contributed by atoms with E-state index in [2.05, 4.69) is 28.9 Å². The fourth-order valence-electron chi connectivity index (χ4n) is 3.11. The Morgan fingerprint density at radius 1 is 1.11 bits per heavy atom. The summed E-state index contributed by atoms with van der Waals surface area (Å²) in [6.07, 6.45) is 2.86. The van der Waals surface area contributed by atoms with Crippen molar-refractivity contribution >= 4 is 11.7 Å². The van der Waals surface area contributed by atoms with Crippen molar-refractivity contribution in [1.82, 2.24) is 9.47 Å². The van der Waals surface area contributed by atoms with E-state index in [0.29, 0.717) is 12.2 Å². The van der Waals surface area contributed by atoms with Crippen molar-refractivity contribution in [3.63, 3.8) is 0 Å². The van der Waals surface area contributed by atoms with E-state index in [0.717, 1.165) is 18.7 Å². The first kappa shape index (κ1) is 19.7. The van der Waals surface area contributed by atoms with Crippen LogP contribution < -0.4 is 5.32 Å². The third kappa shape index (κ3) is 5.00. The molecule has 2 amide bonds. The lowest BCUT2D eigenvalue weighted by atomic mass is 10.2. The molecule has 0 saturated carbocycles. The summed E-state index contributed by atoms with van der Waals surface area (Å²) in [5.74, 6) is -0.371. The highest BCUT2D eigenvalue weighted by Crippen LogP contribution is 2.17. The van der Waals surface area contributed by atoms with Crippen molar-refractivity contribution < 1.29 is 9.18 Å². The predicted molar refractivity (Wildman–Crippen MR) is 111 cm³/mol. The zero-order chi connectivity index (χ0) is 19.9. The van der Waals surface area contributed by atoms with Gasteiger partial charge in [-0.1, -0.05) is 43.3 Å². The Morgan fingerprint density at radius 2 is 1.89 bits per heavy atom. The second-order valence-corrected chi connectivity index (χ2v) is 6.94. The van der Waals surface area contributed by atoms with Crippen LogP contribution in [-0.2, 0) is 13.1 Å². The molecule has 0 radical (unpaired) electrons. The second kappa shape index (κ2) is 9.22. The van der Waals surface area contributed by atoms with E-state index in [-0.39, 0.29) is 17.9 Å². The number of benzene rings is 2. The second-order valence-electron chi connectivity index (χ2n) is 6.94. The van der Waals surface area contributed by atoms with Gasteiger partial charge in [0, 0.05) is 30.2 Å². The molecular weight excluding hydrogens is 353 g/mol. The maximum Gasteiger partial charge on any atom is 0.322 e. The van der Waals surface area contributed by atoms with Crippen LogP contribution in [0.25, 0.3) is 0 Å². The number of rotatable bonds is 7. The normalized spacial score (nSPS) is 11.8. The van der Waals surface area contributed by atoms with Crippen molar-refractivity contribution in [2.24, 2.45) is 0 Å². The van der Waals surface area contributed by atoms with Crippen LogP contribution in [0.3, 0.4) is 0 Å². The van der Waals surface area contributed by atoms with Gasteiger partial charge in [0.15, 0.2) is 0 Å². The largest absolute Gasteiger partial charge is 0.345 e. The molecule has 4 nitrogen and oxygen atoms in total. The zero-order valence-electron chi connectivity index (χ0n) is 16.3. The summed E-state index contributed by atoms with van der Waals surface area (Å²) in [6, 6.07) is 20.0. The van der Waals surface area contributed by atoms with Gasteiger partial charge in [0.25, 0.3) is 0 Å². The molecule has 3 rings (SSSR count). The van der Waals surface area contributed by atoms with Crippen LogP contribution >= 0.6 is 0 Å². The van der Waals surface area contributed by atoms with E-state index < -0.39 is 0 Å². The number of nitrogens with one attached hydrogen (secondary N) is 1. The molecule has 1 atom stereocenters. The summed E-state index contributed by atoms with van der Waals surface area (Å²) in [7, 11) is 0. The van der Waals surface area contributed by atoms with Crippen molar-refractivity contribution in [3.05, 3.63) is 90.0 Å². The highest BCUT2D eigenvalue weighted by atomic mass is 19.1. The Morgan fingerprint density at radius 3 is 2.61 bits per heavy atom. The highest BCUT2D eigenvalue weighted by molar-refractivity contribution is 5.89. The molecule has 2 aromatic carbocycles. The maximum atomic E-state index is 13.4. The molecule has 1 heterocycles. The third-order valence-electron chi connectivity index (χ3n) is 4.91. The number of aromatic nitrogens is 1. The third-order valence-corrected chi connectivity index (χ3v) is 4.91. The van der Waals surface area contributed by atoms with Crippen molar-refractivity contribution in [2.75, 3.05) is 5.32 Å². The average Bonchev–Trinajstić information content (AvgIpc) is 3.13. The number of carbonyl (C=O) groups excluding carboxylic acids is 1. The SMILES string of the molecule is CC[C@H](C)N(Cc1cccn1Cc1ccccc1)C(=O)Nc1cccc(F)c1. The summed E-state index contributed by atoms with van der Waals surface area (Å²) in [5.41, 5.74) is 2.72. The Balaban J connectivity index is 1.76. The van der Waals surface area contributed by atoms with Gasteiger partial charge in [-0.15, -0.1) is 0 Å². The molecule has 0 aliphatic carbocycles. The number of halogens is 1. The number of hydrogen-bond donors (Lipinski definition) is 1. The topological polar surface area (TPSA) is 37.3 Å². The molecule has 1 aromatic heterocycles. The number of carbonyl (C=O) groups is 1. The smallest absolute Gasteiger partial charge is 0.322 e. The van der Waals surface area contributed by atoms with Crippen LogP contribution in [0.2, 0.25) is 0 Å². The number of urea groups is 1. The van der Waals surface area contributed by atoms with Crippen molar-refractivity contribution in [1.29, 1.82) is 0 Å². The molecule has 0 spiro atoms. The van der Waals surface area contributed by atoms with E-state index in [1.165, 1.54) is 17.7 Å². The Labute approximate surface area is 165 Å². The molecule has 0 bridgehead atoms. The van der Waals surface area contributed by atoms with Gasteiger partial charge >= 0.3 is 6.03 Å². The van der Waals surface area contributed by atoms with Gasteiger partial charge in [-0.2, -0.15) is 0 Å². The zero-order valence-corrected chi connectivity index (χ0v) is 16.3. The fraction of sp³-hybridized carbons (Fsp3) is 0.261. The van der Waals surface area contributed by atoms with E-state index in [1.54, 1.807) is 17.0 Å². The van der Waals surface area contributed by atoms with Gasteiger partial charge in [-0.3, -0.25) is 0 Å². The van der Waals surface area contributed by atoms with E-state index in [9.17, 15) is 9.18 Å². The maximum absolute atomic E-state index is 13.4. The van der Waals surface area contributed by atoms with E-state index in [4.69, 9.17) is 0 Å². The van der Waals surface area contributed by atoms with Crippen LogP contribution in [0.4, 0.5) is 14.9 Å². The lowest BCUT2D eigenvalue weighted by molar-refractivity contribution is 0.185. The summed E-state index contributed by atoms with van der Waals surface area (Å²) < 4.78 is 15.6. The van der Waals surface area contributed by atoms with Gasteiger partial charge in [-0.25, -0.2) is 9.18 Å².